The lowest BCUT2D eigenvalue weighted by Gasteiger charge is -2.33. The van der Waals surface area contributed by atoms with Crippen LogP contribution >= 0.6 is 15.9 Å². The number of hydrogen-bond donors (Lipinski definition) is 2. The SMILES string of the molecule is COCCNC(=O)c1cc2n(n1)C(C(F)(F)F)CC(c1ccc(Br)cc1)N2. The standard InChI is InChI=1S/C17H18BrF3N4O2/c1-27-7-6-22-16(26)13-9-15-23-12(10-2-4-11(18)5-3-10)8-14(17(19,20)21)25(15)24-13/h2-5,9,12,14,23H,6-8H2,1H3,(H,22,26). The van der Waals surface area contributed by atoms with Crippen molar-refractivity contribution >= 4 is 27.7 Å². The number of nitrogens with one attached hydrogen (secondary N) is 2. The van der Waals surface area contributed by atoms with Gasteiger partial charge in [-0.2, -0.15) is 18.3 Å². The van der Waals surface area contributed by atoms with Gasteiger partial charge in [0.1, 0.15) is 5.82 Å². The fourth-order valence-corrected chi connectivity index (χ4v) is 3.22. The van der Waals surface area contributed by atoms with Crippen LogP contribution in [-0.4, -0.2) is 42.1 Å². The fourth-order valence-electron chi connectivity index (χ4n) is 2.96. The molecule has 0 aliphatic carbocycles. The van der Waals surface area contributed by atoms with Crippen LogP contribution in [0.2, 0.25) is 0 Å². The summed E-state index contributed by atoms with van der Waals surface area (Å²) >= 11 is 3.32. The molecule has 10 heteroatoms. The molecule has 1 aliphatic heterocycles. The number of aromatic nitrogens is 2. The summed E-state index contributed by atoms with van der Waals surface area (Å²) in [6.07, 6.45) is -4.70. The minimum absolute atomic E-state index is 0.0701. The Balaban J connectivity index is 1.88. The van der Waals surface area contributed by atoms with E-state index in [1.54, 1.807) is 24.3 Å². The Morgan fingerprint density at radius 3 is 2.74 bits per heavy atom. The molecule has 2 heterocycles. The molecule has 0 spiro atoms. The van der Waals surface area contributed by atoms with E-state index in [-0.39, 0.29) is 24.5 Å². The van der Waals surface area contributed by atoms with E-state index in [2.05, 4.69) is 31.7 Å². The minimum atomic E-state index is -4.49. The van der Waals surface area contributed by atoms with Gasteiger partial charge in [-0.25, -0.2) is 4.68 Å². The zero-order valence-corrected chi connectivity index (χ0v) is 16.0. The van der Waals surface area contributed by atoms with E-state index in [1.807, 2.05) is 0 Å². The second-order valence-corrected chi connectivity index (χ2v) is 7.07. The van der Waals surface area contributed by atoms with Crippen molar-refractivity contribution in [3.8, 4) is 0 Å². The quantitative estimate of drug-likeness (QED) is 0.687. The first kappa shape index (κ1) is 19.7. The molecular weight excluding hydrogens is 429 g/mol. The molecule has 6 nitrogen and oxygen atoms in total. The summed E-state index contributed by atoms with van der Waals surface area (Å²) in [6.45, 7) is 0.545. The summed E-state index contributed by atoms with van der Waals surface area (Å²) in [6, 6.07) is 6.06. The van der Waals surface area contributed by atoms with E-state index in [0.29, 0.717) is 6.61 Å². The Labute approximate surface area is 162 Å². The summed E-state index contributed by atoms with van der Waals surface area (Å²) in [7, 11) is 1.49. The number of ether oxygens (including phenoxy) is 1. The molecule has 0 bridgehead atoms. The van der Waals surface area contributed by atoms with Crippen molar-refractivity contribution in [1.82, 2.24) is 15.1 Å². The normalized spacial score (nSPS) is 19.3. The van der Waals surface area contributed by atoms with Crippen LogP contribution < -0.4 is 10.6 Å². The van der Waals surface area contributed by atoms with E-state index < -0.39 is 24.2 Å². The molecule has 2 atom stereocenters. The van der Waals surface area contributed by atoms with Gasteiger partial charge in [-0.05, 0) is 17.7 Å². The number of carbonyl (C=O) groups is 1. The van der Waals surface area contributed by atoms with Gasteiger partial charge in [0.05, 0.1) is 12.6 Å². The van der Waals surface area contributed by atoms with Crippen molar-refractivity contribution in [2.45, 2.75) is 24.7 Å². The van der Waals surface area contributed by atoms with E-state index in [1.165, 1.54) is 13.2 Å². The average molecular weight is 447 g/mol. The molecular formula is C17H18BrF3N4O2. The van der Waals surface area contributed by atoms with Gasteiger partial charge < -0.3 is 15.4 Å². The van der Waals surface area contributed by atoms with Crippen LogP contribution in [-0.2, 0) is 4.74 Å². The van der Waals surface area contributed by atoms with Crippen LogP contribution in [0.3, 0.4) is 0 Å². The predicted octanol–water partition coefficient (Wildman–Crippen LogP) is 3.68. The zero-order chi connectivity index (χ0) is 19.6. The van der Waals surface area contributed by atoms with Crippen molar-refractivity contribution in [3.63, 3.8) is 0 Å². The third-order valence-electron chi connectivity index (χ3n) is 4.29. The molecule has 146 valence electrons. The maximum atomic E-state index is 13.6. The third-order valence-corrected chi connectivity index (χ3v) is 4.82. The van der Waals surface area contributed by atoms with Gasteiger partial charge in [-0.15, -0.1) is 0 Å². The fraction of sp³-hybridized carbons (Fsp3) is 0.412. The molecule has 1 amide bonds. The number of amides is 1. The molecule has 0 saturated carbocycles. The first-order valence-electron chi connectivity index (χ1n) is 8.25. The Kier molecular flexibility index (Phi) is 5.75. The Morgan fingerprint density at radius 1 is 1.41 bits per heavy atom. The van der Waals surface area contributed by atoms with Gasteiger partial charge in [0, 0.05) is 30.6 Å². The first-order chi connectivity index (χ1) is 12.8. The number of anilines is 1. The van der Waals surface area contributed by atoms with Crippen LogP contribution in [0, 0.1) is 0 Å². The Bertz CT molecular complexity index is 808. The van der Waals surface area contributed by atoms with E-state index in [0.717, 1.165) is 14.7 Å². The number of fused-ring (bicyclic) bond motifs is 1. The van der Waals surface area contributed by atoms with E-state index in [9.17, 15) is 18.0 Å². The second-order valence-electron chi connectivity index (χ2n) is 6.15. The van der Waals surface area contributed by atoms with Crippen LogP contribution in [0.1, 0.15) is 34.6 Å². The minimum Gasteiger partial charge on any atom is -0.383 e. The van der Waals surface area contributed by atoms with Gasteiger partial charge in [-0.3, -0.25) is 4.79 Å². The maximum absolute atomic E-state index is 13.6. The molecule has 0 fully saturated rings. The van der Waals surface area contributed by atoms with Crippen LogP contribution in [0.4, 0.5) is 19.0 Å². The maximum Gasteiger partial charge on any atom is 0.410 e. The van der Waals surface area contributed by atoms with Crippen LogP contribution in [0.25, 0.3) is 0 Å². The van der Waals surface area contributed by atoms with Crippen molar-refractivity contribution in [3.05, 3.63) is 46.1 Å². The molecule has 27 heavy (non-hydrogen) atoms. The molecule has 3 rings (SSSR count). The van der Waals surface area contributed by atoms with Gasteiger partial charge in [0.15, 0.2) is 11.7 Å². The average Bonchev–Trinajstić information content (AvgIpc) is 3.05. The van der Waals surface area contributed by atoms with Gasteiger partial charge in [0.25, 0.3) is 5.91 Å². The molecule has 0 radical (unpaired) electrons. The van der Waals surface area contributed by atoms with Gasteiger partial charge in [0.2, 0.25) is 0 Å². The number of hydrogen-bond acceptors (Lipinski definition) is 4. The van der Waals surface area contributed by atoms with E-state index in [4.69, 9.17) is 4.74 Å². The lowest BCUT2D eigenvalue weighted by Crippen LogP contribution is -2.35. The highest BCUT2D eigenvalue weighted by atomic mass is 79.9. The lowest BCUT2D eigenvalue weighted by atomic mass is 9.97. The molecule has 1 aliphatic rings. The largest absolute Gasteiger partial charge is 0.410 e. The summed E-state index contributed by atoms with van der Waals surface area (Å²) in [5.41, 5.74) is 0.658. The highest BCUT2D eigenvalue weighted by Crippen LogP contribution is 2.43. The predicted molar refractivity (Wildman–Crippen MR) is 96.7 cm³/mol. The number of benzene rings is 1. The number of rotatable bonds is 5. The number of alkyl halides is 3. The van der Waals surface area contributed by atoms with Crippen LogP contribution in [0.5, 0.6) is 0 Å². The Morgan fingerprint density at radius 2 is 2.11 bits per heavy atom. The van der Waals surface area contributed by atoms with Crippen molar-refractivity contribution in [1.29, 1.82) is 0 Å². The van der Waals surface area contributed by atoms with Crippen molar-refractivity contribution in [2.24, 2.45) is 0 Å². The third kappa shape index (κ3) is 4.44. The second kappa shape index (κ2) is 7.89. The monoisotopic (exact) mass is 446 g/mol. The highest BCUT2D eigenvalue weighted by Gasteiger charge is 2.46. The summed E-state index contributed by atoms with van der Waals surface area (Å²) in [5, 5.41) is 9.51. The first-order valence-corrected chi connectivity index (χ1v) is 9.04. The highest BCUT2D eigenvalue weighted by molar-refractivity contribution is 9.10. The topological polar surface area (TPSA) is 68.2 Å². The van der Waals surface area contributed by atoms with Gasteiger partial charge in [-0.1, -0.05) is 28.1 Å². The smallest absolute Gasteiger partial charge is 0.383 e. The molecule has 2 N–H and O–H groups in total. The number of carbonyl (C=O) groups excluding carboxylic acids is 1. The number of methoxy groups -OCH3 is 1. The number of halogens is 4. The van der Waals surface area contributed by atoms with E-state index >= 15 is 0 Å². The Hall–Kier alpha value is -2.07. The molecule has 1 aromatic heterocycles. The molecule has 1 aromatic carbocycles. The summed E-state index contributed by atoms with van der Waals surface area (Å²) in [5.74, 6) is -0.384. The summed E-state index contributed by atoms with van der Waals surface area (Å²) < 4.78 is 47.4. The van der Waals surface area contributed by atoms with Crippen LogP contribution in [0.15, 0.2) is 34.8 Å². The molecule has 0 saturated heterocycles. The van der Waals surface area contributed by atoms with Gasteiger partial charge >= 0.3 is 6.18 Å². The lowest BCUT2D eigenvalue weighted by molar-refractivity contribution is -0.173. The summed E-state index contributed by atoms with van der Waals surface area (Å²) in [4.78, 5) is 12.1. The molecule has 2 unspecified atom stereocenters. The van der Waals surface area contributed by atoms with Crippen molar-refractivity contribution < 1.29 is 22.7 Å². The zero-order valence-electron chi connectivity index (χ0n) is 14.4. The van der Waals surface area contributed by atoms with Crippen molar-refractivity contribution in [2.75, 3.05) is 25.6 Å². The number of nitrogens with zero attached hydrogens (tertiary/aromatic N) is 2. The molecule has 2 aromatic rings.